The molecule has 1 N–H and O–H groups in total. The lowest BCUT2D eigenvalue weighted by Gasteiger charge is -2.08. The summed E-state index contributed by atoms with van der Waals surface area (Å²) in [6, 6.07) is 4.77. The second-order valence-electron chi connectivity index (χ2n) is 3.51. The smallest absolute Gasteiger partial charge is 0.337 e. The minimum Gasteiger partial charge on any atom is -0.478 e. The Morgan fingerprint density at radius 3 is 2.22 bits per heavy atom. The summed E-state index contributed by atoms with van der Waals surface area (Å²) in [5, 5.41) is 10.1. The van der Waals surface area contributed by atoms with E-state index in [0.717, 1.165) is 0 Å². The SMILES string of the molecule is O=C(O)c1c(Cl)cncc1-c1cc(Cl)cc(Cl)c1. The summed E-state index contributed by atoms with van der Waals surface area (Å²) in [6.45, 7) is 0. The molecule has 18 heavy (non-hydrogen) atoms. The Bertz CT molecular complexity index is 608. The number of aromatic carboxylic acids is 1. The van der Waals surface area contributed by atoms with Gasteiger partial charge in [0.2, 0.25) is 0 Å². The summed E-state index contributed by atoms with van der Waals surface area (Å²) in [4.78, 5) is 15.1. The van der Waals surface area contributed by atoms with Crippen LogP contribution < -0.4 is 0 Å². The van der Waals surface area contributed by atoms with Crippen LogP contribution in [0.25, 0.3) is 11.1 Å². The molecule has 0 fully saturated rings. The molecular formula is C12H6Cl3NO2. The van der Waals surface area contributed by atoms with Crippen LogP contribution in [0.5, 0.6) is 0 Å². The van der Waals surface area contributed by atoms with E-state index in [9.17, 15) is 4.79 Å². The molecule has 0 aliphatic rings. The zero-order valence-electron chi connectivity index (χ0n) is 8.82. The Balaban J connectivity index is 2.71. The third-order valence-corrected chi connectivity index (χ3v) is 3.01. The zero-order chi connectivity index (χ0) is 13.3. The van der Waals surface area contributed by atoms with E-state index < -0.39 is 5.97 Å². The summed E-state index contributed by atoms with van der Waals surface area (Å²) < 4.78 is 0. The number of carboxylic acid groups (broad SMARTS) is 1. The Morgan fingerprint density at radius 1 is 1.06 bits per heavy atom. The van der Waals surface area contributed by atoms with E-state index in [4.69, 9.17) is 39.9 Å². The summed E-state index contributed by atoms with van der Waals surface area (Å²) in [7, 11) is 0. The van der Waals surface area contributed by atoms with E-state index >= 15 is 0 Å². The van der Waals surface area contributed by atoms with E-state index in [1.165, 1.54) is 12.4 Å². The van der Waals surface area contributed by atoms with Crippen molar-refractivity contribution in [2.45, 2.75) is 0 Å². The van der Waals surface area contributed by atoms with Crippen molar-refractivity contribution in [3.63, 3.8) is 0 Å². The average molecular weight is 303 g/mol. The molecule has 0 aliphatic heterocycles. The lowest BCUT2D eigenvalue weighted by molar-refractivity contribution is 0.0698. The summed E-state index contributed by atoms with van der Waals surface area (Å²) in [6.07, 6.45) is 2.69. The number of halogens is 3. The molecule has 0 amide bonds. The van der Waals surface area contributed by atoms with Crippen LogP contribution in [0.4, 0.5) is 0 Å². The van der Waals surface area contributed by atoms with Crippen LogP contribution in [0, 0.1) is 0 Å². The highest BCUT2D eigenvalue weighted by molar-refractivity contribution is 6.35. The van der Waals surface area contributed by atoms with Crippen molar-refractivity contribution in [3.05, 3.63) is 51.2 Å². The molecule has 0 unspecified atom stereocenters. The van der Waals surface area contributed by atoms with E-state index in [0.29, 0.717) is 21.2 Å². The predicted octanol–water partition coefficient (Wildman–Crippen LogP) is 4.41. The highest BCUT2D eigenvalue weighted by Gasteiger charge is 2.16. The monoisotopic (exact) mass is 301 g/mol. The van der Waals surface area contributed by atoms with E-state index in [1.807, 2.05) is 0 Å². The van der Waals surface area contributed by atoms with Gasteiger partial charge < -0.3 is 5.11 Å². The molecule has 0 spiro atoms. The molecule has 0 radical (unpaired) electrons. The summed E-state index contributed by atoms with van der Waals surface area (Å²) in [5.41, 5.74) is 0.907. The summed E-state index contributed by atoms with van der Waals surface area (Å²) >= 11 is 17.6. The number of aromatic nitrogens is 1. The number of pyridine rings is 1. The topological polar surface area (TPSA) is 50.2 Å². The van der Waals surface area contributed by atoms with Crippen molar-refractivity contribution in [2.75, 3.05) is 0 Å². The number of rotatable bonds is 2. The number of carbonyl (C=O) groups is 1. The molecule has 2 aromatic rings. The van der Waals surface area contributed by atoms with Gasteiger partial charge in [-0.3, -0.25) is 4.98 Å². The van der Waals surface area contributed by atoms with Crippen LogP contribution in [-0.2, 0) is 0 Å². The van der Waals surface area contributed by atoms with Gasteiger partial charge in [0.15, 0.2) is 0 Å². The Kier molecular flexibility index (Phi) is 3.76. The largest absolute Gasteiger partial charge is 0.478 e. The van der Waals surface area contributed by atoms with Gasteiger partial charge in [0.05, 0.1) is 10.6 Å². The van der Waals surface area contributed by atoms with Crippen molar-refractivity contribution in [1.29, 1.82) is 0 Å². The van der Waals surface area contributed by atoms with Gasteiger partial charge in [-0.15, -0.1) is 0 Å². The third kappa shape index (κ3) is 2.58. The number of benzene rings is 1. The average Bonchev–Trinajstić information content (AvgIpc) is 2.26. The van der Waals surface area contributed by atoms with Crippen LogP contribution in [-0.4, -0.2) is 16.1 Å². The lowest BCUT2D eigenvalue weighted by atomic mass is 10.0. The fourth-order valence-electron chi connectivity index (χ4n) is 1.58. The molecule has 0 aliphatic carbocycles. The van der Waals surface area contributed by atoms with Gasteiger partial charge in [-0.2, -0.15) is 0 Å². The molecule has 1 aromatic heterocycles. The first-order valence-electron chi connectivity index (χ1n) is 4.82. The van der Waals surface area contributed by atoms with Gasteiger partial charge in [0.1, 0.15) is 0 Å². The van der Waals surface area contributed by atoms with Crippen LogP contribution in [0.3, 0.4) is 0 Å². The van der Waals surface area contributed by atoms with Gasteiger partial charge in [0, 0.05) is 28.0 Å². The maximum absolute atomic E-state index is 11.2. The molecule has 1 aromatic carbocycles. The Morgan fingerprint density at radius 2 is 1.67 bits per heavy atom. The number of hydrogen-bond acceptors (Lipinski definition) is 2. The molecule has 1 heterocycles. The fraction of sp³-hybridized carbons (Fsp3) is 0. The highest BCUT2D eigenvalue weighted by atomic mass is 35.5. The number of carboxylic acids is 1. The van der Waals surface area contributed by atoms with Gasteiger partial charge >= 0.3 is 5.97 Å². The normalized spacial score (nSPS) is 10.4. The molecule has 92 valence electrons. The minimum absolute atomic E-state index is 0.0231. The second-order valence-corrected chi connectivity index (χ2v) is 4.79. The zero-order valence-corrected chi connectivity index (χ0v) is 11.1. The van der Waals surface area contributed by atoms with Crippen LogP contribution in [0.1, 0.15) is 10.4 Å². The van der Waals surface area contributed by atoms with E-state index in [2.05, 4.69) is 4.98 Å². The third-order valence-electron chi connectivity index (χ3n) is 2.29. The maximum Gasteiger partial charge on any atom is 0.337 e. The fourth-order valence-corrected chi connectivity index (χ4v) is 2.35. The number of nitrogens with zero attached hydrogens (tertiary/aromatic N) is 1. The molecule has 0 atom stereocenters. The van der Waals surface area contributed by atoms with Crippen molar-refractivity contribution in [1.82, 2.24) is 4.98 Å². The number of hydrogen-bond donors (Lipinski definition) is 1. The summed E-state index contributed by atoms with van der Waals surface area (Å²) in [5.74, 6) is -1.13. The predicted molar refractivity (Wildman–Crippen MR) is 71.7 cm³/mol. The first-order valence-corrected chi connectivity index (χ1v) is 5.95. The molecule has 6 heteroatoms. The Hall–Kier alpha value is -1.29. The van der Waals surface area contributed by atoms with Crippen LogP contribution >= 0.6 is 34.8 Å². The van der Waals surface area contributed by atoms with Gasteiger partial charge in [0.25, 0.3) is 0 Å². The van der Waals surface area contributed by atoms with Crippen molar-refractivity contribution < 1.29 is 9.90 Å². The highest BCUT2D eigenvalue weighted by Crippen LogP contribution is 2.31. The quantitative estimate of drug-likeness (QED) is 0.894. The molecule has 2 rings (SSSR count). The lowest BCUT2D eigenvalue weighted by Crippen LogP contribution is -2.01. The molecule has 0 bridgehead atoms. The van der Waals surface area contributed by atoms with Crippen LogP contribution in [0.2, 0.25) is 15.1 Å². The van der Waals surface area contributed by atoms with E-state index in [-0.39, 0.29) is 10.6 Å². The molecule has 3 nitrogen and oxygen atoms in total. The van der Waals surface area contributed by atoms with Gasteiger partial charge in [-0.1, -0.05) is 34.8 Å². The van der Waals surface area contributed by atoms with Crippen LogP contribution in [0.15, 0.2) is 30.6 Å². The van der Waals surface area contributed by atoms with Crippen molar-refractivity contribution in [2.24, 2.45) is 0 Å². The van der Waals surface area contributed by atoms with E-state index in [1.54, 1.807) is 18.2 Å². The molecule has 0 saturated heterocycles. The van der Waals surface area contributed by atoms with Gasteiger partial charge in [-0.05, 0) is 23.8 Å². The van der Waals surface area contributed by atoms with Crippen molar-refractivity contribution >= 4 is 40.8 Å². The second kappa shape index (κ2) is 5.14. The van der Waals surface area contributed by atoms with Crippen molar-refractivity contribution in [3.8, 4) is 11.1 Å². The standard InChI is InChI=1S/C12H6Cl3NO2/c13-7-1-6(2-8(14)3-7)9-4-16-5-10(15)11(9)12(17)18/h1-5H,(H,17,18). The van der Waals surface area contributed by atoms with Gasteiger partial charge in [-0.25, -0.2) is 4.79 Å². The Labute approximate surface area is 118 Å². The first-order chi connectivity index (χ1) is 8.49. The molecular weight excluding hydrogens is 296 g/mol. The first kappa shape index (κ1) is 13.1. The minimum atomic E-state index is -1.13. The maximum atomic E-state index is 11.2. The molecule has 0 saturated carbocycles.